The molecule has 4 nitrogen and oxygen atoms in total. The Morgan fingerprint density at radius 2 is 1.77 bits per heavy atom. The molecule has 152 valence electrons. The summed E-state index contributed by atoms with van der Waals surface area (Å²) >= 11 is 3.45. The third-order valence-electron chi connectivity index (χ3n) is 5.25. The minimum atomic E-state index is -0.451. The van der Waals surface area contributed by atoms with Crippen molar-refractivity contribution < 1.29 is 9.53 Å². The van der Waals surface area contributed by atoms with E-state index < -0.39 is 6.09 Å². The number of hydrogen-bond acceptors (Lipinski definition) is 2. The molecule has 0 atom stereocenters. The zero-order valence-corrected chi connectivity index (χ0v) is 18.5. The number of carbonyl (C=O) groups is 1. The molecule has 0 aliphatic heterocycles. The van der Waals surface area contributed by atoms with Gasteiger partial charge in [-0.2, -0.15) is 0 Å². The monoisotopic (exact) mass is 462 g/mol. The van der Waals surface area contributed by atoms with Crippen LogP contribution < -0.4 is 10.1 Å². The van der Waals surface area contributed by atoms with E-state index >= 15 is 0 Å². The van der Waals surface area contributed by atoms with Crippen molar-refractivity contribution in [1.82, 2.24) is 10.3 Å². The second-order valence-corrected chi connectivity index (χ2v) is 8.21. The largest absolute Gasteiger partial charge is 0.412 e. The van der Waals surface area contributed by atoms with Gasteiger partial charge in [-0.3, -0.25) is 0 Å². The molecule has 1 amide bonds. The van der Waals surface area contributed by atoms with E-state index in [1.54, 1.807) is 0 Å². The van der Waals surface area contributed by atoms with E-state index in [2.05, 4.69) is 58.3 Å². The van der Waals surface area contributed by atoms with E-state index in [-0.39, 0.29) is 0 Å². The standard InChI is InChI=1S/C25H23BrN2O2/c1-16-6-5-8-22-20(17(2)28-24(16)22)14-15-27-25(29)30-23-9-4-3-7-21(23)18-10-12-19(26)13-11-18/h3-13,28H,14-15H2,1-2H3,(H,27,29). The lowest BCUT2D eigenvalue weighted by atomic mass is 10.1. The number of ether oxygens (including phenoxy) is 1. The fourth-order valence-corrected chi connectivity index (χ4v) is 3.99. The first-order chi connectivity index (χ1) is 14.5. The summed E-state index contributed by atoms with van der Waals surface area (Å²) in [6.45, 7) is 4.67. The van der Waals surface area contributed by atoms with Gasteiger partial charge < -0.3 is 15.0 Å². The van der Waals surface area contributed by atoms with Crippen molar-refractivity contribution in [2.45, 2.75) is 20.3 Å². The molecule has 1 aromatic heterocycles. The number of carbonyl (C=O) groups excluding carboxylic acids is 1. The van der Waals surface area contributed by atoms with E-state index in [9.17, 15) is 4.79 Å². The van der Waals surface area contributed by atoms with Crippen LogP contribution in [0.1, 0.15) is 16.8 Å². The summed E-state index contributed by atoms with van der Waals surface area (Å²) in [5, 5.41) is 4.09. The Labute approximate surface area is 184 Å². The summed E-state index contributed by atoms with van der Waals surface area (Å²) in [7, 11) is 0. The maximum Gasteiger partial charge on any atom is 0.412 e. The summed E-state index contributed by atoms with van der Waals surface area (Å²) < 4.78 is 6.62. The van der Waals surface area contributed by atoms with Gasteiger partial charge in [0.15, 0.2) is 0 Å². The van der Waals surface area contributed by atoms with E-state index in [0.717, 1.165) is 33.2 Å². The average Bonchev–Trinajstić information content (AvgIpc) is 3.06. The molecule has 0 saturated heterocycles. The van der Waals surface area contributed by atoms with Crippen molar-refractivity contribution >= 4 is 32.9 Å². The Bertz CT molecular complexity index is 1200. The quantitative estimate of drug-likeness (QED) is 0.353. The second kappa shape index (κ2) is 8.76. The first-order valence-electron chi connectivity index (χ1n) is 9.90. The number of benzene rings is 3. The lowest BCUT2D eigenvalue weighted by Gasteiger charge is -2.11. The molecule has 0 radical (unpaired) electrons. The van der Waals surface area contributed by atoms with Gasteiger partial charge in [0.2, 0.25) is 0 Å². The topological polar surface area (TPSA) is 54.1 Å². The molecule has 0 fully saturated rings. The predicted octanol–water partition coefficient (Wildman–Crippen LogP) is 6.55. The van der Waals surface area contributed by atoms with Crippen LogP contribution >= 0.6 is 15.9 Å². The summed E-state index contributed by atoms with van der Waals surface area (Å²) in [6.07, 6.45) is 0.284. The molecular formula is C25H23BrN2O2. The highest BCUT2D eigenvalue weighted by Crippen LogP contribution is 2.31. The second-order valence-electron chi connectivity index (χ2n) is 7.30. The lowest BCUT2D eigenvalue weighted by molar-refractivity contribution is 0.201. The predicted molar refractivity (Wildman–Crippen MR) is 125 cm³/mol. The number of halogens is 1. The Balaban J connectivity index is 1.43. The molecule has 5 heteroatoms. The molecule has 4 rings (SSSR count). The minimum Gasteiger partial charge on any atom is -0.410 e. The number of fused-ring (bicyclic) bond motifs is 1. The third kappa shape index (κ3) is 4.26. The molecule has 3 aromatic carbocycles. The Kier molecular flexibility index (Phi) is 5.91. The number of rotatable bonds is 5. The summed E-state index contributed by atoms with van der Waals surface area (Å²) in [5.74, 6) is 0.538. The van der Waals surface area contributed by atoms with Crippen LogP contribution in [0.4, 0.5) is 4.79 Å². The van der Waals surface area contributed by atoms with Crippen LogP contribution in [0, 0.1) is 13.8 Å². The smallest absolute Gasteiger partial charge is 0.410 e. The van der Waals surface area contributed by atoms with Crippen molar-refractivity contribution in [2.24, 2.45) is 0 Å². The Hall–Kier alpha value is -3.05. The van der Waals surface area contributed by atoms with Crippen molar-refractivity contribution in [2.75, 3.05) is 6.54 Å². The fourth-order valence-electron chi connectivity index (χ4n) is 3.72. The number of H-pyrrole nitrogens is 1. The molecule has 0 bridgehead atoms. The zero-order valence-electron chi connectivity index (χ0n) is 17.0. The van der Waals surface area contributed by atoms with Crippen LogP contribution in [-0.4, -0.2) is 17.6 Å². The van der Waals surface area contributed by atoms with E-state index in [4.69, 9.17) is 4.74 Å². The van der Waals surface area contributed by atoms with Gasteiger partial charge in [0.05, 0.1) is 0 Å². The van der Waals surface area contributed by atoms with Crippen LogP contribution in [-0.2, 0) is 6.42 Å². The van der Waals surface area contributed by atoms with E-state index in [0.29, 0.717) is 12.3 Å². The van der Waals surface area contributed by atoms with E-state index in [1.807, 2.05) is 48.5 Å². The SMILES string of the molecule is Cc1[nH]c2c(C)cccc2c1CCNC(=O)Oc1ccccc1-c1ccc(Br)cc1. The molecule has 0 spiro atoms. The van der Waals surface area contributed by atoms with Gasteiger partial charge in [0, 0.05) is 33.2 Å². The first kappa shape index (κ1) is 20.2. The van der Waals surface area contributed by atoms with Crippen LogP contribution in [0.15, 0.2) is 71.2 Å². The number of hydrogen-bond donors (Lipinski definition) is 2. The minimum absolute atomic E-state index is 0.451. The van der Waals surface area contributed by atoms with Crippen molar-refractivity contribution in [1.29, 1.82) is 0 Å². The number of aromatic amines is 1. The number of para-hydroxylation sites is 2. The van der Waals surface area contributed by atoms with Crippen LogP contribution in [0.5, 0.6) is 5.75 Å². The first-order valence-corrected chi connectivity index (χ1v) is 10.7. The van der Waals surface area contributed by atoms with Crippen LogP contribution in [0.3, 0.4) is 0 Å². The Morgan fingerprint density at radius 1 is 1.00 bits per heavy atom. The molecule has 30 heavy (non-hydrogen) atoms. The summed E-state index contributed by atoms with van der Waals surface area (Å²) in [6, 6.07) is 21.8. The van der Waals surface area contributed by atoms with Gasteiger partial charge in [0.1, 0.15) is 5.75 Å². The molecule has 2 N–H and O–H groups in total. The summed E-state index contributed by atoms with van der Waals surface area (Å²) in [5.41, 5.74) is 6.61. The van der Waals surface area contributed by atoms with Crippen LogP contribution in [0.25, 0.3) is 22.0 Å². The highest BCUT2D eigenvalue weighted by atomic mass is 79.9. The number of aryl methyl sites for hydroxylation is 2. The van der Waals surface area contributed by atoms with Crippen molar-refractivity contribution in [3.05, 3.63) is 88.0 Å². The van der Waals surface area contributed by atoms with Crippen LogP contribution in [0.2, 0.25) is 0 Å². The van der Waals surface area contributed by atoms with E-state index in [1.165, 1.54) is 16.5 Å². The highest BCUT2D eigenvalue weighted by Gasteiger charge is 2.12. The molecule has 0 aliphatic carbocycles. The molecule has 0 aliphatic rings. The maximum absolute atomic E-state index is 12.4. The van der Waals surface area contributed by atoms with Gasteiger partial charge >= 0.3 is 6.09 Å². The Morgan fingerprint density at radius 3 is 2.57 bits per heavy atom. The molecular weight excluding hydrogens is 440 g/mol. The molecule has 0 unspecified atom stereocenters. The third-order valence-corrected chi connectivity index (χ3v) is 5.78. The van der Waals surface area contributed by atoms with Gasteiger partial charge in [-0.05, 0) is 55.2 Å². The van der Waals surface area contributed by atoms with Crippen molar-refractivity contribution in [3.8, 4) is 16.9 Å². The fraction of sp³-hybridized carbons (Fsp3) is 0.160. The van der Waals surface area contributed by atoms with Crippen molar-refractivity contribution in [3.63, 3.8) is 0 Å². The highest BCUT2D eigenvalue weighted by molar-refractivity contribution is 9.10. The lowest BCUT2D eigenvalue weighted by Crippen LogP contribution is -2.29. The maximum atomic E-state index is 12.4. The molecule has 1 heterocycles. The normalized spacial score (nSPS) is 10.9. The molecule has 0 saturated carbocycles. The van der Waals surface area contributed by atoms with Gasteiger partial charge in [-0.1, -0.05) is 64.5 Å². The van der Waals surface area contributed by atoms with Gasteiger partial charge in [-0.25, -0.2) is 4.79 Å². The number of amides is 1. The van der Waals surface area contributed by atoms with Gasteiger partial charge in [0.25, 0.3) is 0 Å². The zero-order chi connectivity index (χ0) is 21.1. The van der Waals surface area contributed by atoms with Gasteiger partial charge in [-0.15, -0.1) is 0 Å². The molecule has 4 aromatic rings. The number of aromatic nitrogens is 1. The summed E-state index contributed by atoms with van der Waals surface area (Å²) in [4.78, 5) is 15.9. The number of nitrogens with one attached hydrogen (secondary N) is 2. The average molecular weight is 463 g/mol.